The molecule has 0 aliphatic rings. The van der Waals surface area contributed by atoms with Gasteiger partial charge in [0.1, 0.15) is 6.61 Å². The largest absolute Gasteiger partial charge is 0.460 e. The molecule has 5 nitrogen and oxygen atoms in total. The molecule has 1 aromatic heterocycles. The Hall–Kier alpha value is -2.61. The molecule has 5 heteroatoms. The van der Waals surface area contributed by atoms with Crippen molar-refractivity contribution in [3.63, 3.8) is 0 Å². The van der Waals surface area contributed by atoms with Crippen LogP contribution in [0.3, 0.4) is 0 Å². The van der Waals surface area contributed by atoms with E-state index in [1.165, 1.54) is 0 Å². The molecule has 1 heterocycles. The Morgan fingerprint density at radius 2 is 2.05 bits per heavy atom. The molecule has 102 valence electrons. The van der Waals surface area contributed by atoms with Crippen LogP contribution in [0.5, 0.6) is 0 Å². The lowest BCUT2D eigenvalue weighted by Crippen LogP contribution is -2.13. The second-order valence-electron chi connectivity index (χ2n) is 4.48. The summed E-state index contributed by atoms with van der Waals surface area (Å²) in [6, 6.07) is 10.3. The summed E-state index contributed by atoms with van der Waals surface area (Å²) < 4.78 is 6.99. The third kappa shape index (κ3) is 3.23. The molecule has 0 radical (unpaired) electrons. The van der Waals surface area contributed by atoms with E-state index in [1.807, 2.05) is 26.0 Å². The van der Waals surface area contributed by atoms with E-state index in [-0.39, 0.29) is 6.61 Å². The van der Waals surface area contributed by atoms with Crippen LogP contribution in [0.15, 0.2) is 30.3 Å². The SMILES string of the molecule is Cc1cc(C)n(CCOC(=O)c2ccc(C#N)cc2)n1. The summed E-state index contributed by atoms with van der Waals surface area (Å²) in [5.74, 6) is -0.393. The van der Waals surface area contributed by atoms with E-state index in [0.717, 1.165) is 11.4 Å². The van der Waals surface area contributed by atoms with Gasteiger partial charge < -0.3 is 4.74 Å². The van der Waals surface area contributed by atoms with Crippen molar-refractivity contribution in [2.75, 3.05) is 6.61 Å². The lowest BCUT2D eigenvalue weighted by molar-refractivity contribution is 0.0487. The summed E-state index contributed by atoms with van der Waals surface area (Å²) in [4.78, 5) is 11.8. The first-order chi connectivity index (χ1) is 9.60. The number of benzene rings is 1. The van der Waals surface area contributed by atoms with Gasteiger partial charge in [-0.15, -0.1) is 0 Å². The van der Waals surface area contributed by atoms with Crippen LogP contribution >= 0.6 is 0 Å². The number of ether oxygens (including phenoxy) is 1. The highest BCUT2D eigenvalue weighted by Crippen LogP contribution is 2.06. The molecule has 0 N–H and O–H groups in total. The van der Waals surface area contributed by atoms with Crippen LogP contribution in [0.25, 0.3) is 0 Å². The summed E-state index contributed by atoms with van der Waals surface area (Å²) in [6.45, 7) is 4.68. The quantitative estimate of drug-likeness (QED) is 0.798. The fourth-order valence-electron chi connectivity index (χ4n) is 1.89. The molecule has 1 aromatic carbocycles. The second-order valence-corrected chi connectivity index (χ2v) is 4.48. The molecule has 0 spiro atoms. The van der Waals surface area contributed by atoms with Crippen LogP contribution in [0.1, 0.15) is 27.3 Å². The van der Waals surface area contributed by atoms with E-state index in [1.54, 1.807) is 28.9 Å². The number of esters is 1. The number of nitrogens with zero attached hydrogens (tertiary/aromatic N) is 3. The predicted molar refractivity (Wildman–Crippen MR) is 73.1 cm³/mol. The van der Waals surface area contributed by atoms with Gasteiger partial charge in [-0.25, -0.2) is 4.79 Å². The van der Waals surface area contributed by atoms with Gasteiger partial charge in [-0.2, -0.15) is 10.4 Å². The van der Waals surface area contributed by atoms with Gasteiger partial charge in [0.2, 0.25) is 0 Å². The van der Waals surface area contributed by atoms with Crippen LogP contribution in [0.4, 0.5) is 0 Å². The minimum Gasteiger partial charge on any atom is -0.460 e. The Bertz CT molecular complexity index is 651. The second kappa shape index (κ2) is 6.02. The van der Waals surface area contributed by atoms with Crippen molar-refractivity contribution in [2.24, 2.45) is 0 Å². The minimum absolute atomic E-state index is 0.265. The van der Waals surface area contributed by atoms with E-state index in [9.17, 15) is 4.79 Å². The number of rotatable bonds is 4. The first-order valence-electron chi connectivity index (χ1n) is 6.28. The number of hydrogen-bond donors (Lipinski definition) is 0. The number of aryl methyl sites for hydroxylation is 2. The zero-order valence-electron chi connectivity index (χ0n) is 11.5. The van der Waals surface area contributed by atoms with Crippen molar-refractivity contribution < 1.29 is 9.53 Å². The summed E-state index contributed by atoms with van der Waals surface area (Å²) in [6.07, 6.45) is 0. The van der Waals surface area contributed by atoms with Crippen LogP contribution in [-0.4, -0.2) is 22.4 Å². The molecule has 0 amide bonds. The molecule has 0 aliphatic heterocycles. The topological polar surface area (TPSA) is 67.9 Å². The fourth-order valence-corrected chi connectivity index (χ4v) is 1.89. The average Bonchev–Trinajstić information content (AvgIpc) is 2.77. The summed E-state index contributed by atoms with van der Waals surface area (Å²) in [5.41, 5.74) is 2.94. The zero-order valence-corrected chi connectivity index (χ0v) is 11.5. The van der Waals surface area contributed by atoms with Crippen molar-refractivity contribution >= 4 is 5.97 Å². The first kappa shape index (κ1) is 13.8. The van der Waals surface area contributed by atoms with Gasteiger partial charge in [0.05, 0.1) is 29.4 Å². The predicted octanol–water partition coefficient (Wildman–Crippen LogP) is 2.23. The number of hydrogen-bond acceptors (Lipinski definition) is 4. The smallest absolute Gasteiger partial charge is 0.338 e. The van der Waals surface area contributed by atoms with E-state index in [4.69, 9.17) is 10.00 Å². The minimum atomic E-state index is -0.393. The third-order valence-electron chi connectivity index (χ3n) is 2.89. The van der Waals surface area contributed by atoms with Crippen molar-refractivity contribution in [3.8, 4) is 6.07 Å². The molecule has 2 aromatic rings. The van der Waals surface area contributed by atoms with Gasteiger partial charge in [-0.1, -0.05) is 0 Å². The van der Waals surface area contributed by atoms with Gasteiger partial charge in [-0.05, 0) is 44.2 Å². The van der Waals surface area contributed by atoms with E-state index < -0.39 is 5.97 Å². The number of carbonyl (C=O) groups is 1. The maximum absolute atomic E-state index is 11.8. The van der Waals surface area contributed by atoms with Crippen LogP contribution < -0.4 is 0 Å². The van der Waals surface area contributed by atoms with E-state index >= 15 is 0 Å². The lowest BCUT2D eigenvalue weighted by atomic mass is 10.1. The van der Waals surface area contributed by atoms with Gasteiger partial charge >= 0.3 is 5.97 Å². The molecule has 20 heavy (non-hydrogen) atoms. The summed E-state index contributed by atoms with van der Waals surface area (Å²) in [7, 11) is 0. The van der Waals surface area contributed by atoms with Gasteiger partial charge in [0.25, 0.3) is 0 Å². The Morgan fingerprint density at radius 3 is 2.60 bits per heavy atom. The maximum atomic E-state index is 11.8. The molecule has 2 rings (SSSR count). The normalized spacial score (nSPS) is 10.1. The van der Waals surface area contributed by atoms with Crippen molar-refractivity contribution in [3.05, 3.63) is 52.8 Å². The number of aromatic nitrogens is 2. The Labute approximate surface area is 117 Å². The Balaban J connectivity index is 1.89. The maximum Gasteiger partial charge on any atom is 0.338 e. The Morgan fingerprint density at radius 1 is 1.35 bits per heavy atom. The molecule has 0 saturated heterocycles. The molecule has 0 unspecified atom stereocenters. The lowest BCUT2D eigenvalue weighted by Gasteiger charge is -2.06. The van der Waals surface area contributed by atoms with Crippen LogP contribution in [-0.2, 0) is 11.3 Å². The fraction of sp³-hybridized carbons (Fsp3) is 0.267. The molecule has 0 aliphatic carbocycles. The van der Waals surface area contributed by atoms with Gasteiger partial charge in [0, 0.05) is 5.69 Å². The van der Waals surface area contributed by atoms with Crippen LogP contribution in [0, 0.1) is 25.2 Å². The highest BCUT2D eigenvalue weighted by Gasteiger charge is 2.07. The Kier molecular flexibility index (Phi) is 4.16. The average molecular weight is 269 g/mol. The molecule has 0 saturated carbocycles. The highest BCUT2D eigenvalue weighted by molar-refractivity contribution is 5.89. The van der Waals surface area contributed by atoms with Crippen LogP contribution in [0.2, 0.25) is 0 Å². The van der Waals surface area contributed by atoms with E-state index in [0.29, 0.717) is 17.7 Å². The monoisotopic (exact) mass is 269 g/mol. The highest BCUT2D eigenvalue weighted by atomic mass is 16.5. The standard InChI is InChI=1S/C15H15N3O2/c1-11-9-12(2)18(17-11)7-8-20-15(19)14-5-3-13(10-16)4-6-14/h3-6,9H,7-8H2,1-2H3. The number of carbonyl (C=O) groups excluding carboxylic acids is 1. The molecular weight excluding hydrogens is 254 g/mol. The summed E-state index contributed by atoms with van der Waals surface area (Å²) >= 11 is 0. The van der Waals surface area contributed by atoms with Crippen molar-refractivity contribution in [1.82, 2.24) is 9.78 Å². The molecular formula is C15H15N3O2. The zero-order chi connectivity index (χ0) is 14.5. The first-order valence-corrected chi connectivity index (χ1v) is 6.28. The van der Waals surface area contributed by atoms with Crippen molar-refractivity contribution in [1.29, 1.82) is 5.26 Å². The van der Waals surface area contributed by atoms with E-state index in [2.05, 4.69) is 5.10 Å². The molecule has 0 fully saturated rings. The molecule has 0 bridgehead atoms. The van der Waals surface area contributed by atoms with Gasteiger partial charge in [-0.3, -0.25) is 4.68 Å². The third-order valence-corrected chi connectivity index (χ3v) is 2.89. The summed E-state index contributed by atoms with van der Waals surface area (Å²) in [5, 5.41) is 13.0. The van der Waals surface area contributed by atoms with Crippen molar-refractivity contribution in [2.45, 2.75) is 20.4 Å². The number of nitriles is 1. The molecule has 0 atom stereocenters. The van der Waals surface area contributed by atoms with Gasteiger partial charge in [0.15, 0.2) is 0 Å².